The van der Waals surface area contributed by atoms with E-state index < -0.39 is 22.4 Å². The molecule has 2 aliphatic rings. The Balaban J connectivity index is 1.48. The minimum absolute atomic E-state index is 0.0513. The number of carbonyl (C=O) groups is 3. The number of carbonyl (C=O) groups excluding carboxylic acids is 3. The molecular formula is C22H31N5O5. The normalized spacial score (nSPS) is 23.2. The molecule has 1 saturated carbocycles. The number of hydrogen-bond donors (Lipinski definition) is 3. The molecule has 0 radical (unpaired) electrons. The molecule has 3 rings (SSSR count). The standard InChI is InChI=1S/C22H31N5O5/c1-21(2,3)15-8-10-22(11-9-15)19(29)26(20(30)25-22)14-18(28)24-13-12-23-16-6-4-5-7-17(16)27(31)32/h4-7,15,23H,8-14H2,1-3H3,(H,24,28)(H,25,30). The van der Waals surface area contributed by atoms with Gasteiger partial charge in [0.1, 0.15) is 17.8 Å². The van der Waals surface area contributed by atoms with Crippen LogP contribution in [0.4, 0.5) is 16.2 Å². The van der Waals surface area contributed by atoms with Crippen molar-refractivity contribution in [3.05, 3.63) is 34.4 Å². The van der Waals surface area contributed by atoms with Crippen molar-refractivity contribution in [3.63, 3.8) is 0 Å². The van der Waals surface area contributed by atoms with Gasteiger partial charge in [0.05, 0.1) is 4.92 Å². The lowest BCUT2D eigenvalue weighted by Gasteiger charge is -2.40. The Morgan fingerprint density at radius 1 is 1.22 bits per heavy atom. The van der Waals surface area contributed by atoms with Crippen molar-refractivity contribution in [2.75, 3.05) is 25.0 Å². The van der Waals surface area contributed by atoms with Gasteiger partial charge in [-0.3, -0.25) is 24.6 Å². The quantitative estimate of drug-likeness (QED) is 0.256. The van der Waals surface area contributed by atoms with E-state index in [-0.39, 0.29) is 36.6 Å². The monoisotopic (exact) mass is 445 g/mol. The van der Waals surface area contributed by atoms with Crippen molar-refractivity contribution in [3.8, 4) is 0 Å². The molecule has 0 unspecified atom stereocenters. The zero-order valence-corrected chi connectivity index (χ0v) is 18.8. The van der Waals surface area contributed by atoms with Crippen LogP contribution in [0.5, 0.6) is 0 Å². The third-order valence-electron chi connectivity index (χ3n) is 6.47. The number of nitrogens with zero attached hydrogens (tertiary/aromatic N) is 2. The zero-order valence-electron chi connectivity index (χ0n) is 18.8. The summed E-state index contributed by atoms with van der Waals surface area (Å²) in [6.45, 7) is 6.66. The highest BCUT2D eigenvalue weighted by molar-refractivity contribution is 6.09. The maximum Gasteiger partial charge on any atom is 0.325 e. The van der Waals surface area contributed by atoms with Crippen LogP contribution in [0, 0.1) is 21.4 Å². The number of urea groups is 1. The fourth-order valence-corrected chi connectivity index (χ4v) is 4.52. The first-order valence-electron chi connectivity index (χ1n) is 10.9. The molecule has 4 amide bonds. The van der Waals surface area contributed by atoms with E-state index in [9.17, 15) is 24.5 Å². The Kier molecular flexibility index (Phi) is 6.71. The number of hydrogen-bond acceptors (Lipinski definition) is 6. The molecule has 10 heteroatoms. The first-order chi connectivity index (χ1) is 15.0. The van der Waals surface area contributed by atoms with Gasteiger partial charge in [0.15, 0.2) is 0 Å². The number of nitrogens with one attached hydrogen (secondary N) is 3. The summed E-state index contributed by atoms with van der Waals surface area (Å²) < 4.78 is 0. The lowest BCUT2D eigenvalue weighted by Crippen LogP contribution is -2.51. The summed E-state index contributed by atoms with van der Waals surface area (Å²) in [5.41, 5.74) is -0.438. The second kappa shape index (κ2) is 9.13. The molecular weight excluding hydrogens is 414 g/mol. The summed E-state index contributed by atoms with van der Waals surface area (Å²) in [7, 11) is 0. The topological polar surface area (TPSA) is 134 Å². The molecule has 1 aliphatic heterocycles. The smallest absolute Gasteiger partial charge is 0.325 e. The van der Waals surface area contributed by atoms with E-state index in [1.54, 1.807) is 18.2 Å². The van der Waals surface area contributed by atoms with Crippen molar-refractivity contribution >= 4 is 29.2 Å². The van der Waals surface area contributed by atoms with Gasteiger partial charge in [0.2, 0.25) is 5.91 Å². The average Bonchev–Trinajstić information content (AvgIpc) is 2.95. The van der Waals surface area contributed by atoms with Gasteiger partial charge in [0.25, 0.3) is 11.6 Å². The molecule has 3 N–H and O–H groups in total. The summed E-state index contributed by atoms with van der Waals surface area (Å²) >= 11 is 0. The van der Waals surface area contributed by atoms with E-state index in [0.29, 0.717) is 24.4 Å². The van der Waals surface area contributed by atoms with E-state index in [2.05, 4.69) is 36.7 Å². The highest BCUT2D eigenvalue weighted by atomic mass is 16.6. The highest BCUT2D eigenvalue weighted by Crippen LogP contribution is 2.43. The van der Waals surface area contributed by atoms with Gasteiger partial charge in [-0.2, -0.15) is 0 Å². The van der Waals surface area contributed by atoms with Gasteiger partial charge in [-0.05, 0) is 43.1 Å². The minimum atomic E-state index is -0.896. The number of nitro benzene ring substituents is 1. The van der Waals surface area contributed by atoms with Crippen molar-refractivity contribution in [2.45, 2.75) is 52.0 Å². The second-order valence-electron chi connectivity index (χ2n) is 9.59. The van der Waals surface area contributed by atoms with Crippen LogP contribution in [0.25, 0.3) is 0 Å². The number of para-hydroxylation sites is 2. The third kappa shape index (κ3) is 5.00. The van der Waals surface area contributed by atoms with Crippen LogP contribution in [0.15, 0.2) is 24.3 Å². The largest absolute Gasteiger partial charge is 0.378 e. The lowest BCUT2D eigenvalue weighted by atomic mass is 9.67. The van der Waals surface area contributed by atoms with Crippen molar-refractivity contribution in [1.82, 2.24) is 15.5 Å². The highest BCUT2D eigenvalue weighted by Gasteiger charge is 2.53. The maximum atomic E-state index is 13.0. The summed E-state index contributed by atoms with van der Waals surface area (Å²) in [6.07, 6.45) is 2.87. The Labute approximate surface area is 187 Å². The molecule has 1 aromatic rings. The minimum Gasteiger partial charge on any atom is -0.378 e. The molecule has 1 aromatic carbocycles. The summed E-state index contributed by atoms with van der Waals surface area (Å²) in [4.78, 5) is 49.3. The van der Waals surface area contributed by atoms with Crippen LogP contribution in [0.2, 0.25) is 0 Å². The van der Waals surface area contributed by atoms with E-state index in [4.69, 9.17) is 0 Å². The number of anilines is 1. The van der Waals surface area contributed by atoms with Crippen molar-refractivity contribution in [1.29, 1.82) is 0 Å². The molecule has 32 heavy (non-hydrogen) atoms. The summed E-state index contributed by atoms with van der Waals surface area (Å²) in [5, 5.41) is 19.4. The van der Waals surface area contributed by atoms with Gasteiger partial charge in [-0.25, -0.2) is 4.79 Å². The van der Waals surface area contributed by atoms with Crippen LogP contribution < -0.4 is 16.0 Å². The fraction of sp³-hybridized carbons (Fsp3) is 0.591. The number of benzene rings is 1. The molecule has 1 saturated heterocycles. The average molecular weight is 446 g/mol. The summed E-state index contributed by atoms with van der Waals surface area (Å²) in [6, 6.07) is 5.70. The molecule has 174 valence electrons. The van der Waals surface area contributed by atoms with Gasteiger partial charge < -0.3 is 16.0 Å². The van der Waals surface area contributed by atoms with Gasteiger partial charge in [-0.15, -0.1) is 0 Å². The predicted molar refractivity (Wildman–Crippen MR) is 119 cm³/mol. The summed E-state index contributed by atoms with van der Waals surface area (Å²) in [5.74, 6) is -0.301. The molecule has 0 atom stereocenters. The second-order valence-corrected chi connectivity index (χ2v) is 9.59. The van der Waals surface area contributed by atoms with Crippen LogP contribution >= 0.6 is 0 Å². The van der Waals surface area contributed by atoms with Crippen molar-refractivity contribution in [2.24, 2.45) is 11.3 Å². The van der Waals surface area contributed by atoms with Crippen molar-refractivity contribution < 1.29 is 19.3 Å². The SMILES string of the molecule is CC(C)(C)C1CCC2(CC1)NC(=O)N(CC(=O)NCCNc1ccccc1[N+](=O)[O-])C2=O. The van der Waals surface area contributed by atoms with Crippen LogP contribution in [-0.2, 0) is 9.59 Å². The first kappa shape index (κ1) is 23.5. The molecule has 1 spiro atoms. The van der Waals surface area contributed by atoms with Gasteiger partial charge >= 0.3 is 6.03 Å². The van der Waals surface area contributed by atoms with Gasteiger partial charge in [-0.1, -0.05) is 32.9 Å². The number of nitro groups is 1. The molecule has 1 aliphatic carbocycles. The Bertz CT molecular complexity index is 902. The third-order valence-corrected chi connectivity index (χ3v) is 6.47. The van der Waals surface area contributed by atoms with E-state index in [0.717, 1.165) is 17.7 Å². The lowest BCUT2D eigenvalue weighted by molar-refractivity contribution is -0.384. The first-order valence-corrected chi connectivity index (χ1v) is 10.9. The van der Waals surface area contributed by atoms with E-state index in [1.165, 1.54) is 6.07 Å². The van der Waals surface area contributed by atoms with E-state index in [1.807, 2.05) is 0 Å². The molecule has 0 aromatic heterocycles. The predicted octanol–water partition coefficient (Wildman–Crippen LogP) is 2.65. The number of imide groups is 1. The van der Waals surface area contributed by atoms with Crippen LogP contribution in [0.3, 0.4) is 0 Å². The van der Waals surface area contributed by atoms with E-state index >= 15 is 0 Å². The van der Waals surface area contributed by atoms with Gasteiger partial charge in [0, 0.05) is 19.2 Å². The zero-order chi connectivity index (χ0) is 23.5. The fourth-order valence-electron chi connectivity index (χ4n) is 4.52. The molecule has 10 nitrogen and oxygen atoms in total. The number of amides is 4. The Morgan fingerprint density at radius 3 is 2.50 bits per heavy atom. The number of rotatable bonds is 7. The molecule has 1 heterocycles. The molecule has 2 fully saturated rings. The Morgan fingerprint density at radius 2 is 1.88 bits per heavy atom. The van der Waals surface area contributed by atoms with Crippen LogP contribution in [-0.4, -0.2) is 52.8 Å². The van der Waals surface area contributed by atoms with Crippen LogP contribution in [0.1, 0.15) is 46.5 Å². The maximum absolute atomic E-state index is 13.0. The Hall–Kier alpha value is -3.17. The molecule has 0 bridgehead atoms.